The zero-order chi connectivity index (χ0) is 17.6. The first-order valence-corrected chi connectivity index (χ1v) is 8.62. The van der Waals surface area contributed by atoms with Gasteiger partial charge in [-0.25, -0.2) is 0 Å². The van der Waals surface area contributed by atoms with E-state index in [1.165, 1.54) is 7.11 Å². The highest BCUT2D eigenvalue weighted by Crippen LogP contribution is 2.41. The molecular formula is C17H16Cl2N4O2. The molecule has 0 unspecified atom stereocenters. The fourth-order valence-corrected chi connectivity index (χ4v) is 3.88. The quantitative estimate of drug-likeness (QED) is 0.760. The topological polar surface area (TPSA) is 63.1 Å². The Morgan fingerprint density at radius 3 is 2.92 bits per heavy atom. The van der Waals surface area contributed by atoms with E-state index in [-0.39, 0.29) is 12.5 Å². The number of hydrogen-bond acceptors (Lipinski definition) is 3. The second-order valence-electron chi connectivity index (χ2n) is 5.97. The van der Waals surface area contributed by atoms with E-state index in [1.807, 2.05) is 12.3 Å². The third-order valence-corrected chi connectivity index (χ3v) is 5.36. The van der Waals surface area contributed by atoms with E-state index in [9.17, 15) is 4.79 Å². The first kappa shape index (κ1) is 16.4. The Labute approximate surface area is 154 Å². The summed E-state index contributed by atoms with van der Waals surface area (Å²) in [5.41, 5.74) is 3.91. The van der Waals surface area contributed by atoms with Gasteiger partial charge in [-0.1, -0.05) is 29.3 Å². The summed E-state index contributed by atoms with van der Waals surface area (Å²) in [4.78, 5) is 14.1. The van der Waals surface area contributed by atoms with Crippen LogP contribution in [-0.2, 0) is 22.6 Å². The van der Waals surface area contributed by atoms with Crippen LogP contribution in [0.1, 0.15) is 5.69 Å². The summed E-state index contributed by atoms with van der Waals surface area (Å²) in [6, 6.07) is 3.77. The molecule has 3 aromatic rings. The predicted octanol–water partition coefficient (Wildman–Crippen LogP) is 3.33. The molecule has 0 spiro atoms. The van der Waals surface area contributed by atoms with Crippen LogP contribution in [0.4, 0.5) is 0 Å². The summed E-state index contributed by atoms with van der Waals surface area (Å²) in [5, 5.41) is 8.97. The molecule has 25 heavy (non-hydrogen) atoms. The lowest BCUT2D eigenvalue weighted by Gasteiger charge is -2.29. The van der Waals surface area contributed by atoms with Crippen LogP contribution in [0.3, 0.4) is 0 Å². The van der Waals surface area contributed by atoms with E-state index in [0.29, 0.717) is 29.7 Å². The van der Waals surface area contributed by atoms with Crippen molar-refractivity contribution in [1.82, 2.24) is 19.7 Å². The standard InChI is InChI=1S/C17H16Cl2N4O2/c1-25-9-14(24)22-4-5-23-13(8-22)15(10-6-20-21-7-10)11-2-3-12(18)16(19)17(11)23/h2-3,6-7H,4-5,8-9H2,1H3,(H,20,21). The van der Waals surface area contributed by atoms with Crippen molar-refractivity contribution in [2.45, 2.75) is 13.1 Å². The second-order valence-corrected chi connectivity index (χ2v) is 6.75. The fraction of sp³-hybridized carbons (Fsp3) is 0.294. The van der Waals surface area contributed by atoms with Crippen molar-refractivity contribution in [3.05, 3.63) is 40.3 Å². The fourth-order valence-electron chi connectivity index (χ4n) is 3.46. The molecule has 0 atom stereocenters. The van der Waals surface area contributed by atoms with Crippen LogP contribution in [0.5, 0.6) is 0 Å². The van der Waals surface area contributed by atoms with E-state index in [1.54, 1.807) is 17.2 Å². The number of ether oxygens (including phenoxy) is 1. The van der Waals surface area contributed by atoms with E-state index >= 15 is 0 Å². The van der Waals surface area contributed by atoms with Crippen molar-refractivity contribution >= 4 is 40.0 Å². The summed E-state index contributed by atoms with van der Waals surface area (Å²) in [6.45, 7) is 1.82. The lowest BCUT2D eigenvalue weighted by atomic mass is 10.0. The Bertz CT molecular complexity index is 950. The van der Waals surface area contributed by atoms with Gasteiger partial charge < -0.3 is 14.2 Å². The van der Waals surface area contributed by atoms with Crippen molar-refractivity contribution in [3.63, 3.8) is 0 Å². The number of nitrogens with zero attached hydrogens (tertiary/aromatic N) is 3. The zero-order valence-corrected chi connectivity index (χ0v) is 15.1. The SMILES string of the molecule is COCC(=O)N1CCn2c(c(-c3cn[nH]c3)c3ccc(Cl)c(Cl)c32)C1. The van der Waals surface area contributed by atoms with Gasteiger partial charge in [-0.3, -0.25) is 9.89 Å². The van der Waals surface area contributed by atoms with Crippen molar-refractivity contribution < 1.29 is 9.53 Å². The third kappa shape index (κ3) is 2.61. The van der Waals surface area contributed by atoms with Crippen LogP contribution in [0.2, 0.25) is 10.0 Å². The number of aromatic nitrogens is 3. The first-order chi connectivity index (χ1) is 12.1. The number of hydrogen-bond donors (Lipinski definition) is 1. The van der Waals surface area contributed by atoms with E-state index < -0.39 is 0 Å². The van der Waals surface area contributed by atoms with Crippen molar-refractivity contribution in [2.75, 3.05) is 20.3 Å². The molecule has 0 saturated heterocycles. The molecule has 8 heteroatoms. The average molecular weight is 379 g/mol. The second kappa shape index (κ2) is 6.37. The number of methoxy groups -OCH3 is 1. The van der Waals surface area contributed by atoms with Crippen molar-refractivity contribution in [1.29, 1.82) is 0 Å². The first-order valence-electron chi connectivity index (χ1n) is 7.86. The van der Waals surface area contributed by atoms with E-state index in [4.69, 9.17) is 27.9 Å². The molecule has 1 aliphatic heterocycles. The minimum absolute atomic E-state index is 0.0266. The minimum Gasteiger partial charge on any atom is -0.375 e. The molecule has 4 rings (SSSR count). The number of fused-ring (bicyclic) bond motifs is 3. The summed E-state index contributed by atoms with van der Waals surface area (Å²) in [5.74, 6) is -0.0266. The highest BCUT2D eigenvalue weighted by molar-refractivity contribution is 6.45. The monoisotopic (exact) mass is 378 g/mol. The lowest BCUT2D eigenvalue weighted by Crippen LogP contribution is -2.40. The number of nitrogens with one attached hydrogen (secondary N) is 1. The molecule has 0 bridgehead atoms. The van der Waals surface area contributed by atoms with Crippen LogP contribution < -0.4 is 0 Å². The van der Waals surface area contributed by atoms with Gasteiger partial charge in [0.1, 0.15) is 6.61 Å². The smallest absolute Gasteiger partial charge is 0.248 e. The molecule has 0 saturated carbocycles. The van der Waals surface area contributed by atoms with Gasteiger partial charge >= 0.3 is 0 Å². The lowest BCUT2D eigenvalue weighted by molar-refractivity contribution is -0.136. The number of carbonyl (C=O) groups excluding carboxylic acids is 1. The number of H-pyrrole nitrogens is 1. The van der Waals surface area contributed by atoms with Gasteiger partial charge in [0.05, 0.1) is 28.3 Å². The van der Waals surface area contributed by atoms with Gasteiger partial charge in [0.2, 0.25) is 5.91 Å². The number of rotatable bonds is 3. The molecule has 130 valence electrons. The molecule has 0 radical (unpaired) electrons. The Hall–Kier alpha value is -2.02. The molecule has 1 aliphatic rings. The molecule has 3 heterocycles. The maximum atomic E-state index is 12.3. The van der Waals surface area contributed by atoms with Crippen LogP contribution in [0.15, 0.2) is 24.5 Å². The Balaban J connectivity index is 1.93. The number of halogens is 2. The van der Waals surface area contributed by atoms with Crippen LogP contribution in [-0.4, -0.2) is 45.8 Å². The van der Waals surface area contributed by atoms with Crippen molar-refractivity contribution in [3.8, 4) is 11.1 Å². The zero-order valence-electron chi connectivity index (χ0n) is 13.6. The molecule has 0 aliphatic carbocycles. The Kier molecular flexibility index (Phi) is 4.19. The Morgan fingerprint density at radius 1 is 1.36 bits per heavy atom. The average Bonchev–Trinajstić information content (AvgIpc) is 3.23. The normalized spacial score (nSPS) is 14.1. The summed E-state index contributed by atoms with van der Waals surface area (Å²) < 4.78 is 7.14. The molecular weight excluding hydrogens is 363 g/mol. The molecule has 0 fully saturated rings. The van der Waals surface area contributed by atoms with Crippen LogP contribution in [0.25, 0.3) is 22.0 Å². The van der Waals surface area contributed by atoms with Gasteiger partial charge in [-0.05, 0) is 6.07 Å². The molecule has 6 nitrogen and oxygen atoms in total. The van der Waals surface area contributed by atoms with Crippen LogP contribution in [0, 0.1) is 0 Å². The molecule has 1 N–H and O–H groups in total. The number of aromatic amines is 1. The third-order valence-electron chi connectivity index (χ3n) is 4.56. The number of carbonyl (C=O) groups is 1. The van der Waals surface area contributed by atoms with Gasteiger partial charge in [-0.2, -0.15) is 5.10 Å². The summed E-state index contributed by atoms with van der Waals surface area (Å²) >= 11 is 12.7. The largest absolute Gasteiger partial charge is 0.375 e. The number of amides is 1. The summed E-state index contributed by atoms with van der Waals surface area (Å²) in [6.07, 6.45) is 3.61. The van der Waals surface area contributed by atoms with E-state index in [0.717, 1.165) is 27.7 Å². The molecule has 2 aromatic heterocycles. The van der Waals surface area contributed by atoms with Gasteiger partial charge in [0.25, 0.3) is 0 Å². The predicted molar refractivity (Wildman–Crippen MR) is 96.8 cm³/mol. The minimum atomic E-state index is -0.0266. The summed E-state index contributed by atoms with van der Waals surface area (Å²) in [7, 11) is 1.53. The highest BCUT2D eigenvalue weighted by Gasteiger charge is 2.28. The molecule has 1 amide bonds. The highest BCUT2D eigenvalue weighted by atomic mass is 35.5. The Morgan fingerprint density at radius 2 is 2.20 bits per heavy atom. The van der Waals surface area contributed by atoms with Gasteiger partial charge in [-0.15, -0.1) is 0 Å². The van der Waals surface area contributed by atoms with E-state index in [2.05, 4.69) is 14.8 Å². The van der Waals surface area contributed by atoms with Gasteiger partial charge in [0, 0.05) is 48.6 Å². The molecule has 1 aromatic carbocycles. The van der Waals surface area contributed by atoms with Crippen molar-refractivity contribution in [2.24, 2.45) is 0 Å². The maximum Gasteiger partial charge on any atom is 0.248 e. The van der Waals surface area contributed by atoms with Crippen LogP contribution >= 0.6 is 23.2 Å². The van der Waals surface area contributed by atoms with Gasteiger partial charge in [0.15, 0.2) is 0 Å². The maximum absolute atomic E-state index is 12.3. The number of benzene rings is 1.